The summed E-state index contributed by atoms with van der Waals surface area (Å²) < 4.78 is 0. The molecule has 3 nitrogen and oxygen atoms in total. The van der Waals surface area contributed by atoms with E-state index in [9.17, 15) is 9.90 Å². The van der Waals surface area contributed by atoms with E-state index in [4.69, 9.17) is 0 Å². The molecule has 1 unspecified atom stereocenters. The summed E-state index contributed by atoms with van der Waals surface area (Å²) in [7, 11) is -1.70. The van der Waals surface area contributed by atoms with Gasteiger partial charge in [-0.15, -0.1) is 5.54 Å². The van der Waals surface area contributed by atoms with Gasteiger partial charge < -0.3 is 5.11 Å². The zero-order valence-corrected chi connectivity index (χ0v) is 15.2. The molecule has 1 amide bonds. The van der Waals surface area contributed by atoms with Crippen LogP contribution in [0.25, 0.3) is 0 Å². The molecule has 0 spiro atoms. The largest absolute Gasteiger partial charge is 0.357 e. The first-order valence-corrected chi connectivity index (χ1v) is 11.5. The molecule has 0 bridgehead atoms. The summed E-state index contributed by atoms with van der Waals surface area (Å²) in [4.78, 5) is 14.3. The Bertz CT molecular complexity index is 830. The molecule has 0 aromatic heterocycles. The minimum atomic E-state index is -1.70. The van der Waals surface area contributed by atoms with Crippen molar-refractivity contribution in [3.8, 4) is 11.5 Å². The molecule has 0 saturated heterocycles. The second-order valence-corrected chi connectivity index (χ2v) is 11.8. The quantitative estimate of drug-likeness (QED) is 0.675. The zero-order valence-electron chi connectivity index (χ0n) is 14.2. The van der Waals surface area contributed by atoms with Crippen LogP contribution in [0.15, 0.2) is 54.6 Å². The topological polar surface area (TPSA) is 40.5 Å². The van der Waals surface area contributed by atoms with E-state index in [1.165, 1.54) is 4.90 Å². The molecule has 1 atom stereocenters. The number of rotatable bonds is 2. The third-order valence-corrected chi connectivity index (χ3v) is 4.84. The number of nitrogens with zero attached hydrogens (tertiary/aromatic N) is 1. The Morgan fingerprint density at radius 2 is 1.67 bits per heavy atom. The number of hydrogen-bond acceptors (Lipinski definition) is 2. The fourth-order valence-electron chi connectivity index (χ4n) is 2.77. The van der Waals surface area contributed by atoms with Crippen LogP contribution in [0.5, 0.6) is 0 Å². The fraction of sp³-hybridized carbons (Fsp3) is 0.250. The van der Waals surface area contributed by atoms with Gasteiger partial charge in [0.15, 0.2) is 0 Å². The van der Waals surface area contributed by atoms with Gasteiger partial charge >= 0.3 is 0 Å². The molecule has 1 heterocycles. The van der Waals surface area contributed by atoms with Crippen LogP contribution >= 0.6 is 0 Å². The lowest BCUT2D eigenvalue weighted by Gasteiger charge is -2.30. The number of aliphatic hydroxyl groups is 1. The number of benzene rings is 2. The van der Waals surface area contributed by atoms with Crippen molar-refractivity contribution < 1.29 is 9.90 Å². The maximum absolute atomic E-state index is 12.9. The SMILES string of the molecule is C[Si](C)(C)C#CC1(O)c2ccccc2C(=O)N1Cc1ccccc1. The Kier molecular flexibility index (Phi) is 4.08. The maximum Gasteiger partial charge on any atom is 0.257 e. The van der Waals surface area contributed by atoms with Crippen LogP contribution in [-0.4, -0.2) is 24.0 Å². The molecule has 2 aromatic carbocycles. The minimum Gasteiger partial charge on any atom is -0.357 e. The van der Waals surface area contributed by atoms with Crippen LogP contribution in [0.3, 0.4) is 0 Å². The van der Waals surface area contributed by atoms with Crippen molar-refractivity contribution in [1.82, 2.24) is 4.90 Å². The van der Waals surface area contributed by atoms with Crippen LogP contribution in [0.1, 0.15) is 21.5 Å². The number of carbonyl (C=O) groups is 1. The van der Waals surface area contributed by atoms with E-state index in [0.717, 1.165) is 5.56 Å². The van der Waals surface area contributed by atoms with Crippen molar-refractivity contribution >= 4 is 14.0 Å². The van der Waals surface area contributed by atoms with Gasteiger partial charge in [0, 0.05) is 11.1 Å². The smallest absolute Gasteiger partial charge is 0.257 e. The van der Waals surface area contributed by atoms with E-state index in [2.05, 4.69) is 31.1 Å². The van der Waals surface area contributed by atoms with E-state index in [1.807, 2.05) is 42.5 Å². The van der Waals surface area contributed by atoms with Gasteiger partial charge in [-0.3, -0.25) is 9.69 Å². The molecule has 24 heavy (non-hydrogen) atoms. The third-order valence-electron chi connectivity index (χ3n) is 3.96. The van der Waals surface area contributed by atoms with E-state index in [-0.39, 0.29) is 5.91 Å². The van der Waals surface area contributed by atoms with E-state index >= 15 is 0 Å². The normalized spacial score (nSPS) is 19.7. The first kappa shape index (κ1) is 16.5. The van der Waals surface area contributed by atoms with Gasteiger partial charge in [0.1, 0.15) is 8.07 Å². The maximum atomic E-state index is 12.9. The second kappa shape index (κ2) is 5.93. The predicted molar refractivity (Wildman–Crippen MR) is 97.8 cm³/mol. The van der Waals surface area contributed by atoms with Gasteiger partial charge in [0.05, 0.1) is 6.54 Å². The molecular weight excluding hydrogens is 314 g/mol. The van der Waals surface area contributed by atoms with Crippen molar-refractivity contribution in [3.05, 3.63) is 71.3 Å². The molecule has 2 aromatic rings. The summed E-state index contributed by atoms with van der Waals surface area (Å²) in [5, 5.41) is 11.4. The lowest BCUT2D eigenvalue weighted by Crippen LogP contribution is -2.42. The monoisotopic (exact) mass is 335 g/mol. The second-order valence-electron chi connectivity index (χ2n) is 7.09. The molecule has 3 rings (SSSR count). The molecule has 0 fully saturated rings. The van der Waals surface area contributed by atoms with E-state index < -0.39 is 13.8 Å². The van der Waals surface area contributed by atoms with Gasteiger partial charge in [-0.05, 0) is 17.6 Å². The first-order valence-electron chi connectivity index (χ1n) is 8.03. The van der Waals surface area contributed by atoms with Crippen molar-refractivity contribution in [2.75, 3.05) is 0 Å². The Balaban J connectivity index is 2.09. The van der Waals surface area contributed by atoms with Crippen molar-refractivity contribution in [1.29, 1.82) is 0 Å². The van der Waals surface area contributed by atoms with Gasteiger partial charge in [0.2, 0.25) is 5.72 Å². The fourth-order valence-corrected chi connectivity index (χ4v) is 3.32. The molecular formula is C20H21NO2Si. The molecule has 1 N–H and O–H groups in total. The lowest BCUT2D eigenvalue weighted by molar-refractivity contribution is -0.0399. The zero-order chi connectivity index (χ0) is 17.4. The summed E-state index contributed by atoms with van der Waals surface area (Å²) in [6.45, 7) is 6.68. The van der Waals surface area contributed by atoms with Crippen LogP contribution in [0.4, 0.5) is 0 Å². The number of carbonyl (C=O) groups excluding carboxylic acids is 1. The van der Waals surface area contributed by atoms with Crippen molar-refractivity contribution in [2.45, 2.75) is 31.9 Å². The Labute approximate surface area is 143 Å². The third kappa shape index (κ3) is 3.01. The van der Waals surface area contributed by atoms with Gasteiger partial charge in [-0.25, -0.2) is 0 Å². The molecule has 122 valence electrons. The lowest BCUT2D eigenvalue weighted by atomic mass is 10.0. The number of hydrogen-bond donors (Lipinski definition) is 1. The van der Waals surface area contributed by atoms with Crippen molar-refractivity contribution in [2.24, 2.45) is 0 Å². The molecule has 4 heteroatoms. The number of fused-ring (bicyclic) bond motifs is 1. The average molecular weight is 335 g/mol. The summed E-state index contributed by atoms with van der Waals surface area (Å²) in [6.07, 6.45) is 0. The predicted octanol–water partition coefficient (Wildman–Crippen LogP) is 3.37. The van der Waals surface area contributed by atoms with E-state index in [0.29, 0.717) is 17.7 Å². The standard InChI is InChI=1S/C20H21NO2Si/c1-24(2,3)14-13-20(23)18-12-8-7-11-17(18)19(22)21(20)15-16-9-5-4-6-10-16/h4-12,23H,15H2,1-3H3. The summed E-state index contributed by atoms with van der Waals surface area (Å²) in [5.41, 5.74) is 3.73. The van der Waals surface area contributed by atoms with Crippen LogP contribution in [0, 0.1) is 11.5 Å². The molecule has 0 aliphatic carbocycles. The van der Waals surface area contributed by atoms with Crippen LogP contribution in [-0.2, 0) is 12.3 Å². The Morgan fingerprint density at radius 1 is 1.04 bits per heavy atom. The molecule has 0 saturated carbocycles. The minimum absolute atomic E-state index is 0.179. The highest BCUT2D eigenvalue weighted by molar-refractivity contribution is 6.83. The first-order chi connectivity index (χ1) is 11.3. The van der Waals surface area contributed by atoms with E-state index in [1.54, 1.807) is 12.1 Å². The molecule has 1 aliphatic rings. The summed E-state index contributed by atoms with van der Waals surface area (Å²) in [5.74, 6) is 2.85. The molecule has 0 radical (unpaired) electrons. The molecule has 1 aliphatic heterocycles. The summed E-state index contributed by atoms with van der Waals surface area (Å²) >= 11 is 0. The highest BCUT2D eigenvalue weighted by Crippen LogP contribution is 2.37. The van der Waals surface area contributed by atoms with Gasteiger partial charge in [0.25, 0.3) is 5.91 Å². The highest BCUT2D eigenvalue weighted by Gasteiger charge is 2.47. The summed E-state index contributed by atoms with van der Waals surface area (Å²) in [6, 6.07) is 16.9. The Morgan fingerprint density at radius 3 is 2.33 bits per heavy atom. The Hall–Kier alpha value is -2.35. The van der Waals surface area contributed by atoms with Gasteiger partial charge in [-0.2, -0.15) is 0 Å². The number of amides is 1. The van der Waals surface area contributed by atoms with Crippen LogP contribution < -0.4 is 0 Å². The average Bonchev–Trinajstić information content (AvgIpc) is 2.77. The van der Waals surface area contributed by atoms with Gasteiger partial charge in [-0.1, -0.05) is 68.2 Å². The van der Waals surface area contributed by atoms with Crippen molar-refractivity contribution in [3.63, 3.8) is 0 Å². The van der Waals surface area contributed by atoms with Crippen LogP contribution in [0.2, 0.25) is 19.6 Å². The highest BCUT2D eigenvalue weighted by atomic mass is 28.3.